The van der Waals surface area contributed by atoms with Crippen LogP contribution in [0, 0.1) is 23.3 Å². The fourth-order valence-corrected chi connectivity index (χ4v) is 4.67. The summed E-state index contributed by atoms with van der Waals surface area (Å²) in [5, 5.41) is 0.0395. The van der Waals surface area contributed by atoms with E-state index in [9.17, 15) is 23.2 Å². The lowest BCUT2D eigenvalue weighted by molar-refractivity contribution is 0.102. The van der Waals surface area contributed by atoms with E-state index < -0.39 is 63.6 Å². The zero-order valence-electron chi connectivity index (χ0n) is 22.5. The first-order chi connectivity index (χ1) is 22.0. The first kappa shape index (κ1) is 30.5. The maximum atomic E-state index is 15.3. The predicted molar refractivity (Wildman–Crippen MR) is 155 cm³/mol. The summed E-state index contributed by atoms with van der Waals surface area (Å²) in [5.41, 5.74) is -1.47. The molecule has 46 heavy (non-hydrogen) atoms. The molecular weight excluding hydrogens is 655 g/mol. The first-order valence-corrected chi connectivity index (χ1v) is 13.6. The summed E-state index contributed by atoms with van der Waals surface area (Å²) in [7, 11) is 0. The smallest absolute Gasteiger partial charge is 0.392 e. The van der Waals surface area contributed by atoms with Crippen LogP contribution in [0.25, 0.3) is 22.1 Å². The average Bonchev–Trinajstić information content (AvgIpc) is 3.03. The molecule has 4 aromatic carbocycles. The molecule has 6 aromatic rings. The number of benzene rings is 4. The molecule has 0 atom stereocenters. The summed E-state index contributed by atoms with van der Waals surface area (Å²) in [6.45, 7) is 0. The standard InChI is InChI=1S/C31H12Cl2F4N4O5/c32-23-11-38-17-5-1-13(9-19(17)40-23)29(42)25-15(34)3-7-21(27(25)36)45-31(44)46-22-8-4-16(35)26(28(22)37)30(43)14-2-6-18-20(10-14)41-24(33)12-39-18/h1-12H. The Morgan fingerprint density at radius 3 is 1.39 bits per heavy atom. The molecule has 0 N–H and O–H groups in total. The van der Waals surface area contributed by atoms with Crippen LogP contribution in [0.15, 0.2) is 73.1 Å². The number of rotatable bonds is 6. The van der Waals surface area contributed by atoms with Crippen molar-refractivity contribution >= 4 is 63.0 Å². The van der Waals surface area contributed by atoms with E-state index in [0.29, 0.717) is 35.3 Å². The first-order valence-electron chi connectivity index (χ1n) is 12.8. The Hall–Kier alpha value is -5.53. The summed E-state index contributed by atoms with van der Waals surface area (Å²) >= 11 is 11.7. The molecule has 0 saturated heterocycles. The SMILES string of the molecule is O=C(Oc1ccc(F)c(C(=O)c2ccc3ncc(Cl)nc3c2)c1F)Oc1ccc(F)c(C(=O)c2ccc3ncc(Cl)nc3c2)c1F. The molecule has 0 unspecified atom stereocenters. The van der Waals surface area contributed by atoms with Crippen LogP contribution in [0.1, 0.15) is 31.8 Å². The van der Waals surface area contributed by atoms with Gasteiger partial charge in [0.25, 0.3) is 0 Å². The van der Waals surface area contributed by atoms with Gasteiger partial charge >= 0.3 is 6.16 Å². The number of hydrogen-bond acceptors (Lipinski definition) is 9. The van der Waals surface area contributed by atoms with Crippen molar-refractivity contribution < 1.29 is 41.4 Å². The van der Waals surface area contributed by atoms with E-state index in [1.54, 1.807) is 0 Å². The number of aromatic nitrogens is 4. The molecule has 0 bridgehead atoms. The Bertz CT molecular complexity index is 2110. The summed E-state index contributed by atoms with van der Waals surface area (Å²) < 4.78 is 69.6. The van der Waals surface area contributed by atoms with Gasteiger partial charge in [0.15, 0.2) is 34.7 Å². The minimum Gasteiger partial charge on any atom is -0.392 e. The summed E-state index contributed by atoms with van der Waals surface area (Å²) in [6, 6.07) is 10.4. The van der Waals surface area contributed by atoms with Crippen molar-refractivity contribution in [3.8, 4) is 11.5 Å². The number of ketones is 2. The third-order valence-corrected chi connectivity index (χ3v) is 6.87. The van der Waals surface area contributed by atoms with Crippen LogP contribution in [-0.2, 0) is 0 Å². The van der Waals surface area contributed by atoms with Gasteiger partial charge in [-0.25, -0.2) is 32.3 Å². The van der Waals surface area contributed by atoms with E-state index in [0.717, 1.165) is 0 Å². The number of ether oxygens (including phenoxy) is 2. The Morgan fingerprint density at radius 2 is 0.978 bits per heavy atom. The monoisotopic (exact) mass is 666 g/mol. The highest BCUT2D eigenvalue weighted by Crippen LogP contribution is 2.30. The number of nitrogens with zero attached hydrogens (tertiary/aromatic N) is 4. The number of hydrogen-bond donors (Lipinski definition) is 0. The fourth-order valence-electron chi connectivity index (χ4n) is 4.39. The average molecular weight is 667 g/mol. The van der Waals surface area contributed by atoms with Gasteiger partial charge in [0.05, 0.1) is 45.6 Å². The number of halogens is 6. The van der Waals surface area contributed by atoms with Crippen molar-refractivity contribution in [2.24, 2.45) is 0 Å². The maximum absolute atomic E-state index is 15.3. The van der Waals surface area contributed by atoms with E-state index in [1.165, 1.54) is 48.8 Å². The van der Waals surface area contributed by atoms with Crippen molar-refractivity contribution in [1.82, 2.24) is 19.9 Å². The Kier molecular flexibility index (Phi) is 8.02. The van der Waals surface area contributed by atoms with E-state index in [-0.39, 0.29) is 32.5 Å². The Labute approximate surface area is 264 Å². The van der Waals surface area contributed by atoms with Gasteiger partial charge in [0.1, 0.15) is 21.9 Å². The Morgan fingerprint density at radius 1 is 0.565 bits per heavy atom. The van der Waals surface area contributed by atoms with Gasteiger partial charge in [0.2, 0.25) is 0 Å². The van der Waals surface area contributed by atoms with Gasteiger partial charge in [-0.2, -0.15) is 0 Å². The highest BCUT2D eigenvalue weighted by molar-refractivity contribution is 6.30. The van der Waals surface area contributed by atoms with Gasteiger partial charge in [-0.1, -0.05) is 23.2 Å². The van der Waals surface area contributed by atoms with Crippen molar-refractivity contribution in [1.29, 1.82) is 0 Å². The third kappa shape index (κ3) is 5.80. The molecule has 0 saturated carbocycles. The van der Waals surface area contributed by atoms with E-state index >= 15 is 8.78 Å². The molecule has 9 nitrogen and oxygen atoms in total. The summed E-state index contributed by atoms with van der Waals surface area (Å²) in [6.07, 6.45) is 0.801. The molecule has 2 heterocycles. The second-order valence-corrected chi connectivity index (χ2v) is 10.1. The number of carbonyl (C=O) groups is 3. The van der Waals surface area contributed by atoms with Crippen molar-refractivity contribution in [3.05, 3.63) is 129 Å². The van der Waals surface area contributed by atoms with Gasteiger partial charge in [0, 0.05) is 11.1 Å². The number of carbonyl (C=O) groups excluding carboxylic acids is 3. The second kappa shape index (κ2) is 12.1. The minimum atomic E-state index is -1.75. The molecule has 0 aliphatic heterocycles. The molecule has 0 spiro atoms. The van der Waals surface area contributed by atoms with Crippen molar-refractivity contribution in [2.45, 2.75) is 0 Å². The normalized spacial score (nSPS) is 11.1. The molecule has 0 radical (unpaired) electrons. The highest BCUT2D eigenvalue weighted by atomic mass is 35.5. The van der Waals surface area contributed by atoms with E-state index in [4.69, 9.17) is 32.7 Å². The molecule has 228 valence electrons. The van der Waals surface area contributed by atoms with E-state index in [1.807, 2.05) is 0 Å². The van der Waals surface area contributed by atoms with Crippen LogP contribution >= 0.6 is 23.2 Å². The van der Waals surface area contributed by atoms with E-state index in [2.05, 4.69) is 19.9 Å². The molecule has 6 rings (SSSR count). The van der Waals surface area contributed by atoms with Crippen LogP contribution in [0.5, 0.6) is 11.5 Å². The van der Waals surface area contributed by atoms with Gasteiger partial charge in [-0.15, -0.1) is 0 Å². The van der Waals surface area contributed by atoms with Crippen molar-refractivity contribution in [2.75, 3.05) is 0 Å². The van der Waals surface area contributed by atoms with Crippen LogP contribution in [-0.4, -0.2) is 37.7 Å². The lowest BCUT2D eigenvalue weighted by Crippen LogP contribution is -2.18. The third-order valence-electron chi connectivity index (χ3n) is 6.50. The minimum absolute atomic E-state index is 0.0198. The maximum Gasteiger partial charge on any atom is 0.519 e. The summed E-state index contributed by atoms with van der Waals surface area (Å²) in [5.74, 6) is -9.88. The molecule has 2 aromatic heterocycles. The highest BCUT2D eigenvalue weighted by Gasteiger charge is 2.27. The lowest BCUT2D eigenvalue weighted by atomic mass is 10.0. The quantitative estimate of drug-likeness (QED) is 0.0771. The lowest BCUT2D eigenvalue weighted by Gasteiger charge is -2.12. The number of fused-ring (bicyclic) bond motifs is 2. The van der Waals surface area contributed by atoms with Crippen molar-refractivity contribution in [3.63, 3.8) is 0 Å². The second-order valence-electron chi connectivity index (χ2n) is 9.37. The van der Waals surface area contributed by atoms with Gasteiger partial charge in [-0.3, -0.25) is 19.6 Å². The molecule has 0 fully saturated rings. The largest absolute Gasteiger partial charge is 0.519 e. The van der Waals surface area contributed by atoms with Crippen LogP contribution < -0.4 is 9.47 Å². The van der Waals surface area contributed by atoms with Crippen LogP contribution in [0.3, 0.4) is 0 Å². The predicted octanol–water partition coefficient (Wildman–Crippen LogP) is 7.48. The zero-order valence-corrected chi connectivity index (χ0v) is 24.0. The topological polar surface area (TPSA) is 121 Å². The zero-order chi connectivity index (χ0) is 32.7. The molecule has 0 aliphatic rings. The summed E-state index contributed by atoms with van der Waals surface area (Å²) in [4.78, 5) is 54.7. The molecular formula is C31H12Cl2F4N4O5. The fraction of sp³-hybridized carbons (Fsp3) is 0. The van der Waals surface area contributed by atoms with Gasteiger partial charge < -0.3 is 9.47 Å². The molecule has 0 amide bonds. The molecule has 0 aliphatic carbocycles. The van der Waals surface area contributed by atoms with Crippen LogP contribution in [0.2, 0.25) is 10.3 Å². The Balaban J connectivity index is 1.25. The van der Waals surface area contributed by atoms with Gasteiger partial charge in [-0.05, 0) is 60.7 Å². The van der Waals surface area contributed by atoms with Crippen LogP contribution in [0.4, 0.5) is 22.4 Å². The molecule has 15 heteroatoms.